The lowest BCUT2D eigenvalue weighted by atomic mass is 9.84. The fourth-order valence-corrected chi connectivity index (χ4v) is 5.18. The van der Waals surface area contributed by atoms with Gasteiger partial charge >= 0.3 is 0 Å². The first-order valence-electron chi connectivity index (χ1n) is 9.20. The molecule has 1 amide bonds. The molecule has 1 aliphatic rings. The number of hydrogen-bond acceptors (Lipinski definition) is 3. The molecule has 1 N–H and O–H groups in total. The molecule has 1 saturated heterocycles. The number of sulfonamides is 1. The third kappa shape index (κ3) is 5.21. The van der Waals surface area contributed by atoms with Crippen molar-refractivity contribution in [3.8, 4) is 0 Å². The molecular weight excluding hydrogens is 372 g/mol. The number of carbonyl (C=O) groups is 1. The van der Waals surface area contributed by atoms with Crippen LogP contribution >= 0.6 is 11.6 Å². The van der Waals surface area contributed by atoms with Gasteiger partial charge in [-0.2, -0.15) is 4.31 Å². The van der Waals surface area contributed by atoms with Crippen LogP contribution in [0.15, 0.2) is 24.3 Å². The van der Waals surface area contributed by atoms with Crippen LogP contribution in [0.3, 0.4) is 0 Å². The zero-order chi connectivity index (χ0) is 19.4. The summed E-state index contributed by atoms with van der Waals surface area (Å²) in [5.74, 6) is -0.112. The van der Waals surface area contributed by atoms with Gasteiger partial charge in [0.25, 0.3) is 0 Å². The summed E-state index contributed by atoms with van der Waals surface area (Å²) in [4.78, 5) is 12.8. The van der Waals surface area contributed by atoms with Gasteiger partial charge in [0, 0.05) is 23.5 Å². The van der Waals surface area contributed by atoms with Crippen LogP contribution < -0.4 is 5.32 Å². The molecule has 5 nitrogen and oxygen atoms in total. The van der Waals surface area contributed by atoms with Crippen LogP contribution in [0.2, 0.25) is 5.02 Å². The first-order valence-corrected chi connectivity index (χ1v) is 11.2. The van der Waals surface area contributed by atoms with Crippen molar-refractivity contribution in [3.63, 3.8) is 0 Å². The Hall–Kier alpha value is -1.11. The Morgan fingerprint density at radius 2 is 1.92 bits per heavy atom. The number of piperidine rings is 1. The van der Waals surface area contributed by atoms with Crippen molar-refractivity contribution < 1.29 is 13.2 Å². The largest absolute Gasteiger partial charge is 0.354 e. The second-order valence-corrected chi connectivity index (χ2v) is 10.0. The van der Waals surface area contributed by atoms with Gasteiger partial charge < -0.3 is 5.32 Å². The molecule has 1 aromatic rings. The fraction of sp³-hybridized carbons (Fsp3) is 0.632. The van der Waals surface area contributed by atoms with Gasteiger partial charge in [-0.1, -0.05) is 50.9 Å². The average Bonchev–Trinajstić information content (AvgIpc) is 2.60. The van der Waals surface area contributed by atoms with Gasteiger partial charge in [-0.3, -0.25) is 4.79 Å². The van der Waals surface area contributed by atoms with Gasteiger partial charge in [-0.15, -0.1) is 0 Å². The summed E-state index contributed by atoms with van der Waals surface area (Å²) in [6.45, 7) is 6.80. The molecular formula is C19H29ClN2O3S. The minimum Gasteiger partial charge on any atom is -0.354 e. The molecule has 0 radical (unpaired) electrons. The van der Waals surface area contributed by atoms with Crippen LogP contribution in [0.25, 0.3) is 0 Å². The Labute approximate surface area is 162 Å². The highest BCUT2D eigenvalue weighted by Crippen LogP contribution is 2.25. The maximum Gasteiger partial charge on any atom is 0.238 e. The molecule has 7 heteroatoms. The van der Waals surface area contributed by atoms with Gasteiger partial charge in [-0.25, -0.2) is 8.42 Å². The third-order valence-electron chi connectivity index (χ3n) is 4.91. The van der Waals surface area contributed by atoms with Crippen LogP contribution in [-0.2, 0) is 20.2 Å². The number of halogens is 1. The third-order valence-corrected chi connectivity index (χ3v) is 7.23. The number of hydrogen-bond donors (Lipinski definition) is 1. The summed E-state index contributed by atoms with van der Waals surface area (Å²) < 4.78 is 26.4. The van der Waals surface area contributed by atoms with Crippen molar-refractivity contribution in [3.05, 3.63) is 34.9 Å². The summed E-state index contributed by atoms with van der Waals surface area (Å²) in [6.07, 6.45) is 2.81. The molecule has 1 aromatic carbocycles. The highest BCUT2D eigenvalue weighted by Gasteiger charge is 2.36. The van der Waals surface area contributed by atoms with Crippen molar-refractivity contribution in [1.82, 2.24) is 9.62 Å². The van der Waals surface area contributed by atoms with E-state index in [-0.39, 0.29) is 17.1 Å². The van der Waals surface area contributed by atoms with E-state index in [2.05, 4.69) is 5.32 Å². The van der Waals surface area contributed by atoms with E-state index in [0.717, 1.165) is 18.4 Å². The molecule has 1 heterocycles. The Kier molecular flexibility index (Phi) is 7.11. The van der Waals surface area contributed by atoms with Crippen molar-refractivity contribution >= 4 is 27.5 Å². The topological polar surface area (TPSA) is 66.5 Å². The molecule has 1 unspecified atom stereocenters. The van der Waals surface area contributed by atoms with Crippen LogP contribution in [0.4, 0.5) is 0 Å². The summed E-state index contributed by atoms with van der Waals surface area (Å²) in [6, 6.07) is 6.97. The average molecular weight is 401 g/mol. The highest BCUT2D eigenvalue weighted by molar-refractivity contribution is 7.89. The zero-order valence-corrected chi connectivity index (χ0v) is 17.4. The molecule has 2 rings (SSSR count). The summed E-state index contributed by atoms with van der Waals surface area (Å²) in [5, 5.41) is 3.65. The smallest absolute Gasteiger partial charge is 0.238 e. The summed E-state index contributed by atoms with van der Waals surface area (Å²) >= 11 is 5.94. The zero-order valence-electron chi connectivity index (χ0n) is 15.8. The van der Waals surface area contributed by atoms with Crippen molar-refractivity contribution in [1.29, 1.82) is 0 Å². The van der Waals surface area contributed by atoms with E-state index in [4.69, 9.17) is 11.6 Å². The maximum absolute atomic E-state index is 12.8. The van der Waals surface area contributed by atoms with Gasteiger partial charge in [0.15, 0.2) is 0 Å². The van der Waals surface area contributed by atoms with E-state index in [9.17, 15) is 13.2 Å². The Bertz CT molecular complexity index is 717. The first kappa shape index (κ1) is 21.2. The molecule has 0 aromatic heterocycles. The van der Waals surface area contributed by atoms with Gasteiger partial charge in [0.1, 0.15) is 6.04 Å². The number of rotatable bonds is 7. The number of benzene rings is 1. The van der Waals surface area contributed by atoms with E-state index in [0.29, 0.717) is 31.0 Å². The SMILES string of the molecule is CCCS(=O)(=O)N1CCCCC1C(=O)NCC(C)(C)c1ccc(Cl)cc1. The first-order chi connectivity index (χ1) is 12.2. The molecule has 0 bridgehead atoms. The maximum atomic E-state index is 12.8. The van der Waals surface area contributed by atoms with Gasteiger partial charge in [0.2, 0.25) is 15.9 Å². The molecule has 26 heavy (non-hydrogen) atoms. The molecule has 0 saturated carbocycles. The fourth-order valence-electron chi connectivity index (χ4n) is 3.30. The Morgan fingerprint density at radius 1 is 1.27 bits per heavy atom. The van der Waals surface area contributed by atoms with Crippen molar-refractivity contribution in [2.45, 2.75) is 57.9 Å². The quantitative estimate of drug-likeness (QED) is 0.763. The van der Waals surface area contributed by atoms with E-state index < -0.39 is 16.1 Å². The Balaban J connectivity index is 2.06. The van der Waals surface area contributed by atoms with Crippen molar-refractivity contribution in [2.24, 2.45) is 0 Å². The monoisotopic (exact) mass is 400 g/mol. The lowest BCUT2D eigenvalue weighted by Crippen LogP contribution is -2.53. The second-order valence-electron chi connectivity index (χ2n) is 7.55. The van der Waals surface area contributed by atoms with Crippen molar-refractivity contribution in [2.75, 3.05) is 18.8 Å². The van der Waals surface area contributed by atoms with Gasteiger partial charge in [-0.05, 0) is 37.0 Å². The number of nitrogens with zero attached hydrogens (tertiary/aromatic N) is 1. The predicted octanol–water partition coefficient (Wildman–Crippen LogP) is 3.33. The molecule has 1 atom stereocenters. The molecule has 1 aliphatic heterocycles. The normalized spacial score (nSPS) is 19.3. The lowest BCUT2D eigenvalue weighted by Gasteiger charge is -2.34. The predicted molar refractivity (Wildman–Crippen MR) is 106 cm³/mol. The van der Waals surface area contributed by atoms with E-state index >= 15 is 0 Å². The minimum absolute atomic E-state index is 0.0903. The molecule has 1 fully saturated rings. The molecule has 0 aliphatic carbocycles. The lowest BCUT2D eigenvalue weighted by molar-refractivity contribution is -0.125. The van der Waals surface area contributed by atoms with Crippen LogP contribution in [-0.4, -0.2) is 43.5 Å². The molecule has 146 valence electrons. The van der Waals surface area contributed by atoms with E-state index in [1.807, 2.05) is 45.0 Å². The van der Waals surface area contributed by atoms with Gasteiger partial charge in [0.05, 0.1) is 5.75 Å². The Morgan fingerprint density at radius 3 is 2.54 bits per heavy atom. The number of nitrogens with one attached hydrogen (secondary N) is 1. The van der Waals surface area contributed by atoms with Crippen LogP contribution in [0.1, 0.15) is 52.0 Å². The second kappa shape index (κ2) is 8.72. The summed E-state index contributed by atoms with van der Waals surface area (Å²) in [5.41, 5.74) is 0.795. The standard InChI is InChI=1S/C19H29ClN2O3S/c1-4-13-26(24,25)22-12-6-5-7-17(22)18(23)21-14-19(2,3)15-8-10-16(20)11-9-15/h8-11,17H,4-7,12-14H2,1-3H3,(H,21,23). The molecule has 0 spiro atoms. The number of carbonyl (C=O) groups excluding carboxylic acids is 1. The van der Waals surface area contributed by atoms with E-state index in [1.54, 1.807) is 0 Å². The van der Waals surface area contributed by atoms with E-state index in [1.165, 1.54) is 4.31 Å². The van der Waals surface area contributed by atoms with Crippen LogP contribution in [0.5, 0.6) is 0 Å². The summed E-state index contributed by atoms with van der Waals surface area (Å²) in [7, 11) is -3.38. The number of amides is 1. The highest BCUT2D eigenvalue weighted by atomic mass is 35.5. The minimum atomic E-state index is -3.38. The van der Waals surface area contributed by atoms with Crippen LogP contribution in [0, 0.1) is 0 Å².